The van der Waals surface area contributed by atoms with Crippen LogP contribution in [0, 0.1) is 6.92 Å². The topological polar surface area (TPSA) is 95.2 Å². The van der Waals surface area contributed by atoms with Gasteiger partial charge in [0.15, 0.2) is 0 Å². The zero-order chi connectivity index (χ0) is 13.4. The number of aryl methyl sites for hydroxylation is 1. The number of carbonyl (C=O) groups is 1. The number of aliphatic hydroxyl groups is 1. The average Bonchev–Trinajstić information content (AvgIpc) is 3.02. The Balaban J connectivity index is 1.83. The molecule has 1 aliphatic rings. The van der Waals surface area contributed by atoms with Gasteiger partial charge in [-0.3, -0.25) is 4.79 Å². The number of hydrogen-bond acceptors (Lipinski definition) is 5. The SMILES string of the molecule is Cc1nc(CO)oc1C(=O)N1CCc2nc[nH]c2C1. The molecule has 2 aromatic rings. The van der Waals surface area contributed by atoms with Crippen LogP contribution in [0.25, 0.3) is 0 Å². The number of rotatable bonds is 2. The molecule has 0 atom stereocenters. The van der Waals surface area contributed by atoms with E-state index in [2.05, 4.69) is 15.0 Å². The number of aromatic amines is 1. The Morgan fingerprint density at radius 1 is 1.63 bits per heavy atom. The maximum atomic E-state index is 12.4. The predicted molar refractivity (Wildman–Crippen MR) is 64.2 cm³/mol. The number of imidazole rings is 1. The number of hydrogen-bond donors (Lipinski definition) is 2. The van der Waals surface area contributed by atoms with Gasteiger partial charge in [0.05, 0.1) is 30.0 Å². The lowest BCUT2D eigenvalue weighted by atomic mass is 10.1. The molecule has 3 rings (SSSR count). The summed E-state index contributed by atoms with van der Waals surface area (Å²) in [7, 11) is 0. The van der Waals surface area contributed by atoms with Crippen LogP contribution in [0.2, 0.25) is 0 Å². The Labute approximate surface area is 109 Å². The van der Waals surface area contributed by atoms with Crippen LogP contribution in [0.1, 0.15) is 33.5 Å². The van der Waals surface area contributed by atoms with E-state index in [4.69, 9.17) is 9.52 Å². The van der Waals surface area contributed by atoms with E-state index in [0.29, 0.717) is 18.8 Å². The number of oxazole rings is 1. The molecule has 2 N–H and O–H groups in total. The minimum Gasteiger partial charge on any atom is -0.433 e. The molecule has 7 nitrogen and oxygen atoms in total. The van der Waals surface area contributed by atoms with Crippen molar-refractivity contribution in [2.45, 2.75) is 26.5 Å². The van der Waals surface area contributed by atoms with Crippen LogP contribution in [0.15, 0.2) is 10.7 Å². The highest BCUT2D eigenvalue weighted by Crippen LogP contribution is 2.19. The van der Waals surface area contributed by atoms with Crippen molar-refractivity contribution in [2.24, 2.45) is 0 Å². The first-order chi connectivity index (χ1) is 9.19. The van der Waals surface area contributed by atoms with E-state index < -0.39 is 0 Å². The van der Waals surface area contributed by atoms with E-state index in [-0.39, 0.29) is 24.2 Å². The molecule has 0 aromatic carbocycles. The Bertz CT molecular complexity index is 616. The fourth-order valence-electron chi connectivity index (χ4n) is 2.25. The number of H-pyrrole nitrogens is 1. The van der Waals surface area contributed by atoms with Gasteiger partial charge in [-0.1, -0.05) is 0 Å². The lowest BCUT2D eigenvalue weighted by Gasteiger charge is -2.25. The molecule has 100 valence electrons. The van der Waals surface area contributed by atoms with Gasteiger partial charge in [0, 0.05) is 13.0 Å². The summed E-state index contributed by atoms with van der Waals surface area (Å²) < 4.78 is 5.27. The molecule has 0 saturated carbocycles. The summed E-state index contributed by atoms with van der Waals surface area (Å²) in [6.07, 6.45) is 2.37. The first kappa shape index (κ1) is 11.9. The van der Waals surface area contributed by atoms with Crippen LogP contribution in [0.5, 0.6) is 0 Å². The standard InChI is InChI=1S/C12H14N4O3/c1-7-11(19-10(5-17)15-7)12(18)16-3-2-8-9(4-16)14-6-13-8/h6,17H,2-5H2,1H3,(H,13,14). The van der Waals surface area contributed by atoms with Gasteiger partial charge in [0.2, 0.25) is 11.7 Å². The third kappa shape index (κ3) is 2.01. The van der Waals surface area contributed by atoms with Gasteiger partial charge in [-0.05, 0) is 6.92 Å². The van der Waals surface area contributed by atoms with Crippen LogP contribution in [0.3, 0.4) is 0 Å². The normalized spacial score (nSPS) is 14.5. The summed E-state index contributed by atoms with van der Waals surface area (Å²) in [5.74, 6) is 0.164. The Kier molecular flexibility index (Phi) is 2.83. The van der Waals surface area contributed by atoms with Gasteiger partial charge in [-0.25, -0.2) is 9.97 Å². The minimum atomic E-state index is -0.307. The zero-order valence-corrected chi connectivity index (χ0v) is 10.5. The Morgan fingerprint density at radius 2 is 2.47 bits per heavy atom. The van der Waals surface area contributed by atoms with Crippen molar-refractivity contribution in [1.82, 2.24) is 19.9 Å². The van der Waals surface area contributed by atoms with Gasteiger partial charge in [0.25, 0.3) is 5.91 Å². The summed E-state index contributed by atoms with van der Waals surface area (Å²) >= 11 is 0. The molecule has 1 amide bonds. The van der Waals surface area contributed by atoms with E-state index in [1.54, 1.807) is 18.2 Å². The number of fused-ring (bicyclic) bond motifs is 1. The van der Waals surface area contributed by atoms with Gasteiger partial charge < -0.3 is 19.4 Å². The maximum absolute atomic E-state index is 12.4. The number of carbonyl (C=O) groups excluding carboxylic acids is 1. The van der Waals surface area contributed by atoms with E-state index in [1.807, 2.05) is 0 Å². The fourth-order valence-corrected chi connectivity index (χ4v) is 2.25. The molecule has 19 heavy (non-hydrogen) atoms. The first-order valence-electron chi connectivity index (χ1n) is 6.06. The molecular formula is C12H14N4O3. The first-order valence-corrected chi connectivity index (χ1v) is 6.06. The van der Waals surface area contributed by atoms with Gasteiger partial charge in [0.1, 0.15) is 6.61 Å². The van der Waals surface area contributed by atoms with Crippen molar-refractivity contribution in [2.75, 3.05) is 6.54 Å². The lowest BCUT2D eigenvalue weighted by molar-refractivity contribution is 0.0693. The largest absolute Gasteiger partial charge is 0.433 e. The number of amides is 1. The number of nitrogens with one attached hydrogen (secondary N) is 1. The molecule has 0 unspecified atom stereocenters. The molecule has 0 bridgehead atoms. The Morgan fingerprint density at radius 3 is 3.21 bits per heavy atom. The highest BCUT2D eigenvalue weighted by atomic mass is 16.4. The van der Waals surface area contributed by atoms with Crippen molar-refractivity contribution in [3.63, 3.8) is 0 Å². The lowest BCUT2D eigenvalue weighted by Crippen LogP contribution is -2.36. The van der Waals surface area contributed by atoms with Crippen LogP contribution < -0.4 is 0 Å². The van der Waals surface area contributed by atoms with E-state index >= 15 is 0 Å². The summed E-state index contributed by atoms with van der Waals surface area (Å²) in [5.41, 5.74) is 2.47. The Hall–Kier alpha value is -2.15. The molecule has 0 radical (unpaired) electrons. The quantitative estimate of drug-likeness (QED) is 0.816. The van der Waals surface area contributed by atoms with Crippen molar-refractivity contribution in [3.8, 4) is 0 Å². The number of nitrogens with zero attached hydrogens (tertiary/aromatic N) is 3. The van der Waals surface area contributed by atoms with Crippen LogP contribution in [0.4, 0.5) is 0 Å². The minimum absolute atomic E-state index is 0.167. The molecule has 0 spiro atoms. The van der Waals surface area contributed by atoms with Gasteiger partial charge in [-0.15, -0.1) is 0 Å². The maximum Gasteiger partial charge on any atom is 0.291 e. The predicted octanol–water partition coefficient (Wildman–Crippen LogP) is 0.397. The summed E-state index contributed by atoms with van der Waals surface area (Å²) in [4.78, 5) is 25.3. The second-order valence-corrected chi connectivity index (χ2v) is 4.48. The van der Waals surface area contributed by atoms with Crippen molar-refractivity contribution < 1.29 is 14.3 Å². The zero-order valence-electron chi connectivity index (χ0n) is 10.5. The third-order valence-corrected chi connectivity index (χ3v) is 3.23. The molecule has 0 fully saturated rings. The van der Waals surface area contributed by atoms with E-state index in [1.165, 1.54) is 0 Å². The second kappa shape index (κ2) is 4.51. The third-order valence-electron chi connectivity index (χ3n) is 3.23. The van der Waals surface area contributed by atoms with E-state index in [9.17, 15) is 4.79 Å². The number of aliphatic hydroxyl groups excluding tert-OH is 1. The summed E-state index contributed by atoms with van der Waals surface area (Å²) in [6, 6.07) is 0. The van der Waals surface area contributed by atoms with Crippen molar-refractivity contribution in [3.05, 3.63) is 35.1 Å². The molecule has 1 aliphatic heterocycles. The second-order valence-electron chi connectivity index (χ2n) is 4.48. The van der Waals surface area contributed by atoms with Crippen LogP contribution in [-0.4, -0.2) is 37.4 Å². The van der Waals surface area contributed by atoms with Crippen molar-refractivity contribution >= 4 is 5.91 Å². The molecule has 0 aliphatic carbocycles. The average molecular weight is 262 g/mol. The van der Waals surface area contributed by atoms with Crippen LogP contribution >= 0.6 is 0 Å². The van der Waals surface area contributed by atoms with Gasteiger partial charge in [-0.2, -0.15) is 0 Å². The number of aromatic nitrogens is 3. The monoisotopic (exact) mass is 262 g/mol. The molecule has 2 aromatic heterocycles. The highest BCUT2D eigenvalue weighted by molar-refractivity contribution is 5.92. The molecule has 3 heterocycles. The van der Waals surface area contributed by atoms with Crippen molar-refractivity contribution in [1.29, 1.82) is 0 Å². The molecular weight excluding hydrogens is 248 g/mol. The van der Waals surface area contributed by atoms with Crippen LogP contribution in [-0.2, 0) is 19.6 Å². The summed E-state index contributed by atoms with van der Waals surface area (Å²) in [6.45, 7) is 2.48. The molecule has 7 heteroatoms. The van der Waals surface area contributed by atoms with E-state index in [0.717, 1.165) is 17.8 Å². The highest BCUT2D eigenvalue weighted by Gasteiger charge is 2.27. The summed E-state index contributed by atoms with van der Waals surface area (Å²) in [5, 5.41) is 8.98. The smallest absolute Gasteiger partial charge is 0.291 e. The fraction of sp³-hybridized carbons (Fsp3) is 0.417. The van der Waals surface area contributed by atoms with Gasteiger partial charge >= 0.3 is 0 Å². The molecule has 0 saturated heterocycles.